The van der Waals surface area contributed by atoms with E-state index in [2.05, 4.69) is 12.2 Å². The van der Waals surface area contributed by atoms with E-state index in [1.54, 1.807) is 4.90 Å². The lowest BCUT2D eigenvalue weighted by Crippen LogP contribution is -2.39. The van der Waals surface area contributed by atoms with Crippen molar-refractivity contribution in [1.29, 1.82) is 0 Å². The van der Waals surface area contributed by atoms with Gasteiger partial charge in [0, 0.05) is 29.1 Å². The molecule has 194 valence electrons. The van der Waals surface area contributed by atoms with Crippen LogP contribution < -0.4 is 11.1 Å². The molecule has 2 amide bonds. The van der Waals surface area contributed by atoms with Crippen LogP contribution in [0, 0.1) is 5.92 Å². The van der Waals surface area contributed by atoms with E-state index in [0.29, 0.717) is 28.3 Å². The zero-order valence-electron chi connectivity index (χ0n) is 21.5. The van der Waals surface area contributed by atoms with Crippen LogP contribution in [0.5, 0.6) is 0 Å². The Hall–Kier alpha value is -3.58. The number of nitrogens with one attached hydrogen (secondary N) is 1. The van der Waals surface area contributed by atoms with E-state index in [1.807, 2.05) is 54.6 Å². The van der Waals surface area contributed by atoms with E-state index in [-0.39, 0.29) is 31.6 Å². The third-order valence-corrected chi connectivity index (χ3v) is 7.33. The lowest BCUT2D eigenvalue weighted by molar-refractivity contribution is -0.119. The summed E-state index contributed by atoms with van der Waals surface area (Å²) in [5.74, 6) is -0.254. The summed E-state index contributed by atoms with van der Waals surface area (Å²) in [6.07, 6.45) is 7.87. The lowest BCUT2D eigenvalue weighted by Gasteiger charge is -2.26. The monoisotopic (exact) mass is 500 g/mol. The predicted octanol–water partition coefficient (Wildman–Crippen LogP) is 4.48. The number of aldehydes is 1. The highest BCUT2D eigenvalue weighted by atomic mass is 16.2. The predicted molar refractivity (Wildman–Crippen MR) is 146 cm³/mol. The van der Waals surface area contributed by atoms with Crippen LogP contribution in [0.2, 0.25) is 0 Å². The number of carbonyl (C=O) groups is 3. The Labute approximate surface area is 218 Å². The fraction of sp³-hybridized carbons (Fsp3) is 0.400. The van der Waals surface area contributed by atoms with Gasteiger partial charge in [0.2, 0.25) is 5.91 Å². The van der Waals surface area contributed by atoms with E-state index in [4.69, 9.17) is 10.7 Å². The van der Waals surface area contributed by atoms with Gasteiger partial charge in [-0.1, -0.05) is 74.2 Å². The maximum atomic E-state index is 14.0. The molecule has 0 saturated heterocycles. The highest BCUT2D eigenvalue weighted by Crippen LogP contribution is 2.32. The molecule has 1 fully saturated rings. The summed E-state index contributed by atoms with van der Waals surface area (Å²) in [4.78, 5) is 43.9. The molecule has 0 aliphatic heterocycles. The van der Waals surface area contributed by atoms with Crippen molar-refractivity contribution in [1.82, 2.24) is 15.2 Å². The zero-order valence-corrected chi connectivity index (χ0v) is 21.5. The van der Waals surface area contributed by atoms with Gasteiger partial charge in [-0.25, -0.2) is 4.98 Å². The van der Waals surface area contributed by atoms with Crippen LogP contribution in [0.4, 0.5) is 0 Å². The highest BCUT2D eigenvalue weighted by Gasteiger charge is 2.27. The van der Waals surface area contributed by atoms with Crippen molar-refractivity contribution in [3.8, 4) is 11.3 Å². The fourth-order valence-electron chi connectivity index (χ4n) is 5.44. The summed E-state index contributed by atoms with van der Waals surface area (Å²) >= 11 is 0. The molecule has 0 spiro atoms. The molecule has 1 aromatic heterocycles. The maximum Gasteiger partial charge on any atom is 0.252 e. The van der Waals surface area contributed by atoms with Gasteiger partial charge in [0.05, 0.1) is 29.9 Å². The smallest absolute Gasteiger partial charge is 0.252 e. The summed E-state index contributed by atoms with van der Waals surface area (Å²) in [5, 5.41) is 4.05. The Morgan fingerprint density at radius 2 is 1.73 bits per heavy atom. The first-order valence-corrected chi connectivity index (χ1v) is 13.2. The Morgan fingerprint density at radius 1 is 1.05 bits per heavy atom. The number of nitrogens with two attached hydrogens (primary N) is 1. The quantitative estimate of drug-likeness (QED) is 0.315. The molecule has 1 atom stereocenters. The molecular weight excluding hydrogens is 464 g/mol. The minimum Gasteiger partial charge on any atom is -0.369 e. The summed E-state index contributed by atoms with van der Waals surface area (Å²) < 4.78 is 0. The second-order valence-corrected chi connectivity index (χ2v) is 10.0. The second kappa shape index (κ2) is 12.6. The number of aromatic nitrogens is 1. The van der Waals surface area contributed by atoms with Gasteiger partial charge >= 0.3 is 0 Å². The standard InChI is InChI=1S/C30H36N4O3/c1-21(22-11-5-2-3-6-12-22)32-30(37)28-24-15-9-10-16-26(24)33-29(23-13-7-4-8-14-23)25(28)19-34(17-18-35)20-27(31)36/h4,7-10,13-16,18,21-22H,2-3,5-6,11-12,17,19-20H2,1H3,(H2,31,36)(H,32,37)/t21-/m0/s1. The lowest BCUT2D eigenvalue weighted by atomic mass is 9.91. The molecule has 1 heterocycles. The van der Waals surface area contributed by atoms with Crippen LogP contribution in [0.25, 0.3) is 22.2 Å². The minimum absolute atomic E-state index is 0.0174. The van der Waals surface area contributed by atoms with E-state index >= 15 is 0 Å². The number of hydrogen-bond donors (Lipinski definition) is 2. The van der Waals surface area contributed by atoms with E-state index in [0.717, 1.165) is 30.1 Å². The van der Waals surface area contributed by atoms with E-state index < -0.39 is 5.91 Å². The van der Waals surface area contributed by atoms with E-state index in [9.17, 15) is 14.4 Å². The van der Waals surface area contributed by atoms with Gasteiger partial charge in [-0.15, -0.1) is 0 Å². The van der Waals surface area contributed by atoms with Gasteiger partial charge in [0.25, 0.3) is 5.91 Å². The Morgan fingerprint density at radius 3 is 2.41 bits per heavy atom. The first-order valence-electron chi connectivity index (χ1n) is 13.2. The third kappa shape index (κ3) is 6.60. The van der Waals surface area contributed by atoms with Crippen LogP contribution >= 0.6 is 0 Å². The molecule has 4 rings (SSSR count). The molecule has 3 N–H and O–H groups in total. The number of benzene rings is 2. The highest BCUT2D eigenvalue weighted by molar-refractivity contribution is 6.09. The molecule has 2 aromatic carbocycles. The van der Waals surface area contributed by atoms with Crippen molar-refractivity contribution >= 4 is 29.0 Å². The number of hydrogen-bond acceptors (Lipinski definition) is 5. The normalized spacial score (nSPS) is 15.3. The molecule has 0 bridgehead atoms. The number of primary amides is 1. The van der Waals surface area contributed by atoms with Gasteiger partial charge in [0.15, 0.2) is 0 Å². The molecule has 1 aliphatic carbocycles. The Bertz CT molecular complexity index is 1240. The van der Waals surface area contributed by atoms with Crippen LogP contribution in [-0.4, -0.2) is 47.1 Å². The number of para-hydroxylation sites is 1. The topological polar surface area (TPSA) is 105 Å². The molecule has 0 radical (unpaired) electrons. The third-order valence-electron chi connectivity index (χ3n) is 7.33. The summed E-state index contributed by atoms with van der Waals surface area (Å²) in [7, 11) is 0. The van der Waals surface area contributed by atoms with Crippen molar-refractivity contribution in [2.24, 2.45) is 11.7 Å². The fourth-order valence-corrected chi connectivity index (χ4v) is 5.44. The van der Waals surface area contributed by atoms with Gasteiger partial charge in [0.1, 0.15) is 6.29 Å². The van der Waals surface area contributed by atoms with Crippen LogP contribution in [0.3, 0.4) is 0 Å². The van der Waals surface area contributed by atoms with Crippen LogP contribution in [0.1, 0.15) is 61.4 Å². The number of fused-ring (bicyclic) bond motifs is 1. The van der Waals surface area contributed by atoms with E-state index in [1.165, 1.54) is 25.7 Å². The molecule has 7 heteroatoms. The SMILES string of the molecule is C[C@H](NC(=O)c1c(CN(CC=O)CC(N)=O)c(-c2ccccc2)nc2ccccc12)C1CCCCCC1. The van der Waals surface area contributed by atoms with Crippen molar-refractivity contribution in [3.05, 3.63) is 65.7 Å². The maximum absolute atomic E-state index is 14.0. The van der Waals surface area contributed by atoms with Crippen molar-refractivity contribution in [2.45, 2.75) is 58.0 Å². The Balaban J connectivity index is 1.83. The molecule has 1 saturated carbocycles. The molecule has 1 aliphatic rings. The summed E-state index contributed by atoms with van der Waals surface area (Å²) in [6, 6.07) is 17.3. The molecule has 7 nitrogen and oxygen atoms in total. The molecular formula is C30H36N4O3. The van der Waals surface area contributed by atoms with Crippen LogP contribution in [-0.2, 0) is 16.1 Å². The largest absolute Gasteiger partial charge is 0.369 e. The van der Waals surface area contributed by atoms with Crippen molar-refractivity contribution in [2.75, 3.05) is 13.1 Å². The minimum atomic E-state index is -0.537. The zero-order chi connectivity index (χ0) is 26.2. The molecule has 37 heavy (non-hydrogen) atoms. The number of pyridine rings is 1. The first kappa shape index (κ1) is 26.5. The average molecular weight is 501 g/mol. The Kier molecular flexibility index (Phi) is 9.01. The molecule has 0 unspecified atom stereocenters. The van der Waals surface area contributed by atoms with Gasteiger partial charge in [-0.2, -0.15) is 0 Å². The van der Waals surface area contributed by atoms with Crippen LogP contribution in [0.15, 0.2) is 54.6 Å². The van der Waals surface area contributed by atoms with Crippen molar-refractivity contribution in [3.63, 3.8) is 0 Å². The summed E-state index contributed by atoms with van der Waals surface area (Å²) in [5.41, 5.74) is 8.93. The van der Waals surface area contributed by atoms with Crippen molar-refractivity contribution < 1.29 is 14.4 Å². The number of amides is 2. The number of nitrogens with zero attached hydrogens (tertiary/aromatic N) is 2. The van der Waals surface area contributed by atoms with Gasteiger partial charge < -0.3 is 15.8 Å². The van der Waals surface area contributed by atoms with Gasteiger partial charge in [-0.05, 0) is 31.7 Å². The number of carbonyl (C=O) groups excluding carboxylic acids is 3. The molecule has 3 aromatic rings. The van der Waals surface area contributed by atoms with Gasteiger partial charge in [-0.3, -0.25) is 14.5 Å². The second-order valence-electron chi connectivity index (χ2n) is 10.0. The summed E-state index contributed by atoms with van der Waals surface area (Å²) in [6.45, 7) is 2.20. The first-order chi connectivity index (χ1) is 18.0. The number of rotatable bonds is 10. The average Bonchev–Trinajstić information content (AvgIpc) is 3.18.